The Bertz CT molecular complexity index is 510. The largest absolute Gasteiger partial charge is 0.328 e. The lowest BCUT2D eigenvalue weighted by atomic mass is 9.92. The third-order valence-electron chi connectivity index (χ3n) is 3.86. The molecule has 0 aromatic heterocycles. The Hall–Kier alpha value is -0.620. The minimum absolute atomic E-state index is 0.0375. The number of rotatable bonds is 4. The van der Waals surface area contributed by atoms with Crippen LogP contribution >= 0.6 is 27.5 Å². The van der Waals surface area contributed by atoms with E-state index in [9.17, 15) is 4.79 Å². The van der Waals surface area contributed by atoms with E-state index in [-0.39, 0.29) is 11.9 Å². The van der Waals surface area contributed by atoms with Gasteiger partial charge in [-0.2, -0.15) is 0 Å². The highest BCUT2D eigenvalue weighted by molar-refractivity contribution is 9.10. The van der Waals surface area contributed by atoms with Crippen molar-refractivity contribution in [1.82, 2.24) is 4.90 Å². The van der Waals surface area contributed by atoms with E-state index < -0.39 is 0 Å². The topological polar surface area (TPSA) is 58.4 Å². The lowest BCUT2D eigenvalue weighted by Crippen LogP contribution is -2.45. The van der Waals surface area contributed by atoms with Gasteiger partial charge in [0.1, 0.15) is 0 Å². The van der Waals surface area contributed by atoms with Crippen molar-refractivity contribution in [2.45, 2.75) is 25.8 Å². The minimum Gasteiger partial charge on any atom is -0.328 e. The Morgan fingerprint density at radius 2 is 2.38 bits per heavy atom. The van der Waals surface area contributed by atoms with Crippen molar-refractivity contribution in [3.8, 4) is 0 Å². The Balaban J connectivity index is 1.89. The molecule has 0 spiro atoms. The van der Waals surface area contributed by atoms with Gasteiger partial charge in [0.2, 0.25) is 5.91 Å². The maximum Gasteiger partial charge on any atom is 0.238 e. The van der Waals surface area contributed by atoms with E-state index in [1.807, 2.05) is 13.0 Å². The van der Waals surface area contributed by atoms with Crippen molar-refractivity contribution >= 4 is 39.1 Å². The number of carbonyl (C=O) groups excluding carboxylic acids is 1. The van der Waals surface area contributed by atoms with E-state index in [0.29, 0.717) is 23.2 Å². The molecule has 2 atom stereocenters. The van der Waals surface area contributed by atoms with Crippen LogP contribution in [0.1, 0.15) is 19.8 Å². The second kappa shape index (κ2) is 7.58. The van der Waals surface area contributed by atoms with Crippen LogP contribution in [0.25, 0.3) is 0 Å². The molecule has 1 aromatic carbocycles. The first-order chi connectivity index (χ1) is 9.95. The third-order valence-corrected chi connectivity index (χ3v) is 4.66. The average molecular weight is 375 g/mol. The number of benzene rings is 1. The zero-order valence-corrected chi connectivity index (χ0v) is 14.5. The lowest BCUT2D eigenvalue weighted by molar-refractivity contribution is -0.117. The minimum atomic E-state index is -0.0375. The molecule has 0 radical (unpaired) electrons. The molecule has 0 aliphatic carbocycles. The van der Waals surface area contributed by atoms with Gasteiger partial charge in [-0.3, -0.25) is 9.69 Å². The Morgan fingerprint density at radius 1 is 1.62 bits per heavy atom. The van der Waals surface area contributed by atoms with Crippen LogP contribution in [0.3, 0.4) is 0 Å². The smallest absolute Gasteiger partial charge is 0.238 e. The highest BCUT2D eigenvalue weighted by Crippen LogP contribution is 2.25. The first-order valence-corrected chi connectivity index (χ1v) is 8.35. The number of hydrogen-bond acceptors (Lipinski definition) is 3. The average Bonchev–Trinajstić information content (AvgIpc) is 2.42. The fraction of sp³-hybridized carbons (Fsp3) is 0.533. The summed E-state index contributed by atoms with van der Waals surface area (Å²) >= 11 is 9.45. The molecule has 116 valence electrons. The van der Waals surface area contributed by atoms with E-state index in [4.69, 9.17) is 17.3 Å². The highest BCUT2D eigenvalue weighted by atomic mass is 79.9. The number of anilines is 1. The fourth-order valence-electron chi connectivity index (χ4n) is 2.65. The molecule has 1 aliphatic rings. The number of halogens is 2. The van der Waals surface area contributed by atoms with Crippen LogP contribution in [0, 0.1) is 5.92 Å². The fourth-order valence-corrected chi connectivity index (χ4v) is 3.37. The Labute approximate surface area is 139 Å². The number of amides is 1. The number of nitrogens with zero attached hydrogens (tertiary/aromatic N) is 1. The molecule has 2 rings (SSSR count). The molecule has 2 unspecified atom stereocenters. The summed E-state index contributed by atoms with van der Waals surface area (Å²) < 4.78 is 0.890. The van der Waals surface area contributed by atoms with Gasteiger partial charge in [0, 0.05) is 17.1 Å². The molecule has 1 aromatic rings. The van der Waals surface area contributed by atoms with Gasteiger partial charge in [0.25, 0.3) is 0 Å². The molecular formula is C15H21BrClN3O. The van der Waals surface area contributed by atoms with E-state index >= 15 is 0 Å². The normalized spacial score (nSPS) is 21.0. The van der Waals surface area contributed by atoms with Crippen LogP contribution < -0.4 is 11.1 Å². The maximum absolute atomic E-state index is 12.1. The summed E-state index contributed by atoms with van der Waals surface area (Å²) in [6.07, 6.45) is 2.24. The molecule has 1 heterocycles. The van der Waals surface area contributed by atoms with Crippen molar-refractivity contribution in [3.05, 3.63) is 27.7 Å². The monoisotopic (exact) mass is 373 g/mol. The quantitative estimate of drug-likeness (QED) is 0.851. The van der Waals surface area contributed by atoms with Crippen molar-refractivity contribution < 1.29 is 4.79 Å². The van der Waals surface area contributed by atoms with Gasteiger partial charge in [-0.05, 0) is 50.4 Å². The van der Waals surface area contributed by atoms with Crippen molar-refractivity contribution in [1.29, 1.82) is 0 Å². The molecular weight excluding hydrogens is 354 g/mol. The summed E-state index contributed by atoms with van der Waals surface area (Å²) in [5.74, 6) is 0.437. The van der Waals surface area contributed by atoms with Crippen LogP contribution in [-0.4, -0.2) is 36.5 Å². The van der Waals surface area contributed by atoms with Crippen molar-refractivity contribution in [3.63, 3.8) is 0 Å². The Morgan fingerprint density at radius 3 is 3.05 bits per heavy atom. The van der Waals surface area contributed by atoms with Crippen LogP contribution in [-0.2, 0) is 4.79 Å². The number of nitrogens with two attached hydrogens (primary N) is 1. The summed E-state index contributed by atoms with van der Waals surface area (Å²) in [5, 5.41) is 3.40. The molecule has 0 saturated carbocycles. The summed E-state index contributed by atoms with van der Waals surface area (Å²) in [5.41, 5.74) is 6.61. The molecule has 21 heavy (non-hydrogen) atoms. The number of carbonyl (C=O) groups is 1. The summed E-state index contributed by atoms with van der Waals surface area (Å²) in [6.45, 7) is 4.26. The van der Waals surface area contributed by atoms with Gasteiger partial charge < -0.3 is 11.1 Å². The summed E-state index contributed by atoms with van der Waals surface area (Å²) in [4.78, 5) is 14.3. The van der Waals surface area contributed by atoms with Crippen LogP contribution in [0.15, 0.2) is 22.7 Å². The number of likely N-dealkylation sites (tertiary alicyclic amines) is 1. The molecule has 0 bridgehead atoms. The third kappa shape index (κ3) is 4.95. The van der Waals surface area contributed by atoms with Gasteiger partial charge in [0.05, 0.1) is 17.3 Å². The standard InChI is InChI=1S/C15H21BrClN3O/c1-10(18)11-3-2-6-20(8-11)9-15(21)19-14-5-4-12(16)7-13(14)17/h4-5,7,10-11H,2-3,6,8-9,18H2,1H3,(H,19,21). The predicted molar refractivity (Wildman–Crippen MR) is 90.6 cm³/mol. The summed E-state index contributed by atoms with van der Waals surface area (Å²) in [7, 11) is 0. The van der Waals surface area contributed by atoms with Crippen LogP contribution in [0.5, 0.6) is 0 Å². The molecule has 4 nitrogen and oxygen atoms in total. The number of hydrogen-bond donors (Lipinski definition) is 2. The first kappa shape index (κ1) is 16.7. The van der Waals surface area contributed by atoms with Gasteiger partial charge in [-0.15, -0.1) is 0 Å². The van der Waals surface area contributed by atoms with Crippen molar-refractivity contribution in [2.24, 2.45) is 11.7 Å². The lowest BCUT2D eigenvalue weighted by Gasteiger charge is -2.34. The molecule has 1 amide bonds. The van der Waals surface area contributed by atoms with E-state index in [1.54, 1.807) is 12.1 Å². The first-order valence-electron chi connectivity index (χ1n) is 7.18. The zero-order valence-electron chi connectivity index (χ0n) is 12.1. The second-order valence-corrected chi connectivity index (χ2v) is 6.99. The van der Waals surface area contributed by atoms with Gasteiger partial charge >= 0.3 is 0 Å². The van der Waals surface area contributed by atoms with Gasteiger partial charge in [0.15, 0.2) is 0 Å². The van der Waals surface area contributed by atoms with Gasteiger partial charge in [-0.25, -0.2) is 0 Å². The van der Waals surface area contributed by atoms with E-state index in [1.165, 1.54) is 0 Å². The number of piperidine rings is 1. The van der Waals surface area contributed by atoms with Gasteiger partial charge in [-0.1, -0.05) is 27.5 Å². The van der Waals surface area contributed by atoms with E-state index in [2.05, 4.69) is 26.1 Å². The highest BCUT2D eigenvalue weighted by Gasteiger charge is 2.24. The SMILES string of the molecule is CC(N)C1CCCN(CC(=O)Nc2ccc(Br)cc2Cl)C1. The molecule has 3 N–H and O–H groups in total. The number of nitrogens with one attached hydrogen (secondary N) is 1. The molecule has 6 heteroatoms. The van der Waals surface area contributed by atoms with Crippen LogP contribution in [0.2, 0.25) is 5.02 Å². The summed E-state index contributed by atoms with van der Waals surface area (Å²) in [6, 6.07) is 5.60. The van der Waals surface area contributed by atoms with E-state index in [0.717, 1.165) is 30.4 Å². The molecule has 1 aliphatic heterocycles. The maximum atomic E-state index is 12.1. The van der Waals surface area contributed by atoms with Crippen LogP contribution in [0.4, 0.5) is 5.69 Å². The molecule has 1 fully saturated rings. The molecule has 1 saturated heterocycles. The van der Waals surface area contributed by atoms with Crippen molar-refractivity contribution in [2.75, 3.05) is 25.0 Å². The second-order valence-electron chi connectivity index (χ2n) is 5.67. The zero-order chi connectivity index (χ0) is 15.4. The Kier molecular flexibility index (Phi) is 6.05. The predicted octanol–water partition coefficient (Wildman–Crippen LogP) is 3.10.